The summed E-state index contributed by atoms with van der Waals surface area (Å²) in [6, 6.07) is 27.9. The summed E-state index contributed by atoms with van der Waals surface area (Å²) in [5.41, 5.74) is 5.58. The van der Waals surface area contributed by atoms with Crippen LogP contribution in [0.25, 0.3) is 22.3 Å². The molecule has 5 nitrogen and oxygen atoms in total. The van der Waals surface area contributed by atoms with E-state index in [1.54, 1.807) is 12.3 Å². The number of fused-ring (bicyclic) bond motifs is 2. The van der Waals surface area contributed by atoms with Gasteiger partial charge >= 0.3 is 0 Å². The molecule has 1 amide bonds. The maximum Gasteiger partial charge on any atom is 0.257 e. The summed E-state index contributed by atoms with van der Waals surface area (Å²) < 4.78 is 0. The molecular formula is C30H22N4OS. The van der Waals surface area contributed by atoms with Crippen LogP contribution in [0.2, 0.25) is 0 Å². The molecule has 0 saturated heterocycles. The molecule has 174 valence electrons. The van der Waals surface area contributed by atoms with Crippen LogP contribution >= 0.6 is 11.3 Å². The van der Waals surface area contributed by atoms with Gasteiger partial charge in [-0.1, -0.05) is 54.6 Å². The lowest BCUT2D eigenvalue weighted by atomic mass is 9.83. The van der Waals surface area contributed by atoms with E-state index in [0.29, 0.717) is 33.4 Å². The van der Waals surface area contributed by atoms with E-state index in [1.807, 2.05) is 48.5 Å². The molecule has 1 aliphatic rings. The molecule has 1 aliphatic carbocycles. The van der Waals surface area contributed by atoms with Crippen molar-refractivity contribution in [2.75, 3.05) is 5.32 Å². The number of anilines is 1. The quantitative estimate of drug-likeness (QED) is 0.305. The Labute approximate surface area is 213 Å². The van der Waals surface area contributed by atoms with Crippen molar-refractivity contribution in [2.24, 2.45) is 0 Å². The third-order valence-electron chi connectivity index (χ3n) is 6.76. The number of amides is 1. The van der Waals surface area contributed by atoms with Crippen LogP contribution in [0.3, 0.4) is 0 Å². The maximum atomic E-state index is 13.6. The van der Waals surface area contributed by atoms with E-state index in [-0.39, 0.29) is 5.91 Å². The minimum Gasteiger partial charge on any atom is -0.312 e. The zero-order valence-corrected chi connectivity index (χ0v) is 20.3. The summed E-state index contributed by atoms with van der Waals surface area (Å²) >= 11 is 1.53. The first-order chi connectivity index (χ1) is 17.7. The van der Waals surface area contributed by atoms with Crippen LogP contribution in [0.1, 0.15) is 44.3 Å². The van der Waals surface area contributed by atoms with Gasteiger partial charge in [-0.25, -0.2) is 4.98 Å². The lowest BCUT2D eigenvalue weighted by Crippen LogP contribution is -2.13. The van der Waals surface area contributed by atoms with Crippen LogP contribution in [0, 0.1) is 11.3 Å². The van der Waals surface area contributed by atoms with Gasteiger partial charge in [0.25, 0.3) is 5.91 Å². The predicted molar refractivity (Wildman–Crippen MR) is 143 cm³/mol. The van der Waals surface area contributed by atoms with E-state index < -0.39 is 0 Å². The first-order valence-electron chi connectivity index (χ1n) is 11.9. The van der Waals surface area contributed by atoms with Gasteiger partial charge in [0.2, 0.25) is 0 Å². The normalized spacial score (nSPS) is 14.7. The van der Waals surface area contributed by atoms with Crippen molar-refractivity contribution < 1.29 is 4.79 Å². The number of nitriles is 1. The van der Waals surface area contributed by atoms with Gasteiger partial charge in [-0.3, -0.25) is 9.78 Å². The highest BCUT2D eigenvalue weighted by molar-refractivity contribution is 7.16. The topological polar surface area (TPSA) is 78.7 Å². The molecule has 0 radical (unpaired) electrons. The van der Waals surface area contributed by atoms with E-state index in [2.05, 4.69) is 40.6 Å². The second-order valence-corrected chi connectivity index (χ2v) is 10.0. The minimum atomic E-state index is -0.250. The third-order valence-corrected chi connectivity index (χ3v) is 7.93. The second kappa shape index (κ2) is 9.37. The highest BCUT2D eigenvalue weighted by Gasteiger charge is 2.27. The van der Waals surface area contributed by atoms with Gasteiger partial charge < -0.3 is 5.32 Å². The maximum absolute atomic E-state index is 13.6. The summed E-state index contributed by atoms with van der Waals surface area (Å²) in [6.45, 7) is 0. The molecule has 5 aromatic rings. The van der Waals surface area contributed by atoms with Crippen LogP contribution in [0.15, 0.2) is 85.1 Å². The summed E-state index contributed by atoms with van der Waals surface area (Å²) in [5.74, 6) is 0.179. The van der Waals surface area contributed by atoms with Gasteiger partial charge in [0.05, 0.1) is 28.0 Å². The second-order valence-electron chi connectivity index (χ2n) is 8.91. The molecule has 3 aromatic heterocycles. The van der Waals surface area contributed by atoms with Gasteiger partial charge in [-0.15, -0.1) is 11.3 Å². The van der Waals surface area contributed by atoms with Gasteiger partial charge in [0.1, 0.15) is 11.1 Å². The number of benzene rings is 2. The summed E-state index contributed by atoms with van der Waals surface area (Å²) in [4.78, 5) is 23.9. The fraction of sp³-hybridized carbons (Fsp3) is 0.133. The molecule has 6 heteroatoms. The average molecular weight is 487 g/mol. The Kier molecular flexibility index (Phi) is 5.76. The molecule has 1 N–H and O–H groups in total. The Morgan fingerprint density at radius 2 is 1.81 bits per heavy atom. The molecule has 0 fully saturated rings. The molecule has 6 rings (SSSR count). The van der Waals surface area contributed by atoms with Crippen molar-refractivity contribution in [3.05, 3.63) is 112 Å². The van der Waals surface area contributed by atoms with Gasteiger partial charge in [-0.2, -0.15) is 5.26 Å². The Morgan fingerprint density at radius 1 is 1.00 bits per heavy atom. The first-order valence-corrected chi connectivity index (χ1v) is 12.7. The number of carbonyl (C=O) groups excluding carboxylic acids is 1. The first kappa shape index (κ1) is 22.1. The number of hydrogen-bond acceptors (Lipinski definition) is 5. The SMILES string of the molecule is N#Cc1c(NC(=O)c2cc(-c3ccccn3)nc3ccccc23)sc2c1CC[C@@H](c1ccccc1)C2. The predicted octanol–water partition coefficient (Wildman–Crippen LogP) is 6.75. The standard InChI is InChI=1S/C30H22N4OS/c31-18-24-22-14-13-20(19-8-2-1-3-9-19)16-28(22)36-30(24)34-29(35)23-17-27(26-12-6-7-15-32-26)33-25-11-5-4-10-21(23)25/h1-12,15,17,20H,13-14,16H2,(H,34,35)/t20-/m1/s1. The lowest BCUT2D eigenvalue weighted by Gasteiger charge is -2.22. The zero-order chi connectivity index (χ0) is 24.5. The van der Waals surface area contributed by atoms with Gasteiger partial charge in [-0.05, 0) is 60.6 Å². The van der Waals surface area contributed by atoms with E-state index in [1.165, 1.54) is 21.8 Å². The van der Waals surface area contributed by atoms with Crippen LogP contribution in [-0.4, -0.2) is 15.9 Å². The smallest absolute Gasteiger partial charge is 0.257 e. The number of pyridine rings is 2. The van der Waals surface area contributed by atoms with Crippen molar-refractivity contribution in [2.45, 2.75) is 25.2 Å². The Bertz CT molecular complexity index is 1620. The molecule has 0 bridgehead atoms. The Hall–Kier alpha value is -4.34. The van der Waals surface area contributed by atoms with Crippen molar-refractivity contribution in [1.82, 2.24) is 9.97 Å². The summed E-state index contributed by atoms with van der Waals surface area (Å²) in [7, 11) is 0. The largest absolute Gasteiger partial charge is 0.312 e. The number of para-hydroxylation sites is 1. The number of thiophene rings is 1. The van der Waals surface area contributed by atoms with E-state index >= 15 is 0 Å². The van der Waals surface area contributed by atoms with Crippen molar-refractivity contribution in [3.63, 3.8) is 0 Å². The number of nitrogens with zero attached hydrogens (tertiary/aromatic N) is 3. The van der Waals surface area contributed by atoms with Crippen molar-refractivity contribution in [1.29, 1.82) is 5.26 Å². The van der Waals surface area contributed by atoms with E-state index in [4.69, 9.17) is 4.98 Å². The molecule has 36 heavy (non-hydrogen) atoms. The molecule has 0 unspecified atom stereocenters. The number of hydrogen-bond donors (Lipinski definition) is 1. The fourth-order valence-electron chi connectivity index (χ4n) is 4.98. The molecular weight excluding hydrogens is 464 g/mol. The fourth-order valence-corrected chi connectivity index (χ4v) is 6.25. The third kappa shape index (κ3) is 4.04. The Balaban J connectivity index is 1.35. The monoisotopic (exact) mass is 486 g/mol. The number of nitrogens with one attached hydrogen (secondary N) is 1. The molecule has 0 saturated carbocycles. The molecule has 0 spiro atoms. The Morgan fingerprint density at radius 3 is 2.61 bits per heavy atom. The number of aromatic nitrogens is 2. The highest BCUT2D eigenvalue weighted by Crippen LogP contribution is 2.42. The zero-order valence-electron chi connectivity index (χ0n) is 19.4. The number of rotatable bonds is 4. The van der Waals surface area contributed by atoms with Gasteiger partial charge in [0.15, 0.2) is 0 Å². The van der Waals surface area contributed by atoms with Crippen LogP contribution in [-0.2, 0) is 12.8 Å². The van der Waals surface area contributed by atoms with Crippen molar-refractivity contribution in [3.8, 4) is 17.5 Å². The minimum absolute atomic E-state index is 0.250. The average Bonchev–Trinajstić information content (AvgIpc) is 3.29. The molecule has 0 aliphatic heterocycles. The van der Waals surface area contributed by atoms with Gasteiger partial charge in [0, 0.05) is 16.5 Å². The van der Waals surface area contributed by atoms with E-state index in [9.17, 15) is 10.1 Å². The number of carbonyl (C=O) groups is 1. The summed E-state index contributed by atoms with van der Waals surface area (Å²) in [6.07, 6.45) is 4.44. The van der Waals surface area contributed by atoms with Crippen LogP contribution < -0.4 is 5.32 Å². The van der Waals surface area contributed by atoms with Crippen LogP contribution in [0.5, 0.6) is 0 Å². The molecule has 2 aromatic carbocycles. The lowest BCUT2D eigenvalue weighted by molar-refractivity contribution is 0.102. The molecule has 1 atom stereocenters. The van der Waals surface area contributed by atoms with Crippen molar-refractivity contribution >= 4 is 33.1 Å². The molecule has 3 heterocycles. The summed E-state index contributed by atoms with van der Waals surface area (Å²) in [5, 5.41) is 14.4. The highest BCUT2D eigenvalue weighted by atomic mass is 32.1. The van der Waals surface area contributed by atoms with E-state index in [0.717, 1.165) is 35.7 Å². The van der Waals surface area contributed by atoms with Crippen LogP contribution in [0.4, 0.5) is 5.00 Å².